The Morgan fingerprint density at radius 1 is 1.26 bits per heavy atom. The van der Waals surface area contributed by atoms with E-state index < -0.39 is 0 Å². The van der Waals surface area contributed by atoms with Gasteiger partial charge in [-0.15, -0.1) is 11.3 Å². The number of thiazole rings is 1. The molecule has 0 fully saturated rings. The van der Waals surface area contributed by atoms with E-state index in [0.717, 1.165) is 16.8 Å². The molecule has 0 unspecified atom stereocenters. The number of fused-ring (bicyclic) bond motifs is 1. The molecule has 2 aromatic heterocycles. The van der Waals surface area contributed by atoms with Gasteiger partial charge in [0.25, 0.3) is 5.91 Å². The van der Waals surface area contributed by atoms with Crippen LogP contribution in [0.3, 0.4) is 0 Å². The Morgan fingerprint density at radius 2 is 2.13 bits per heavy atom. The van der Waals surface area contributed by atoms with Crippen molar-refractivity contribution < 1.29 is 13.9 Å². The molecule has 0 spiro atoms. The second kappa shape index (κ2) is 5.64. The number of rotatable bonds is 3. The van der Waals surface area contributed by atoms with Gasteiger partial charge in [0, 0.05) is 16.5 Å². The third kappa shape index (κ3) is 2.67. The van der Waals surface area contributed by atoms with Crippen molar-refractivity contribution in [1.82, 2.24) is 4.98 Å². The Kier molecular flexibility index (Phi) is 3.48. The average molecular weight is 326 g/mol. The summed E-state index contributed by atoms with van der Waals surface area (Å²) in [7, 11) is 0. The van der Waals surface area contributed by atoms with Gasteiger partial charge in [0.1, 0.15) is 0 Å². The van der Waals surface area contributed by atoms with Gasteiger partial charge in [-0.05, 0) is 30.2 Å². The quantitative estimate of drug-likeness (QED) is 0.790. The van der Waals surface area contributed by atoms with Gasteiger partial charge in [-0.25, -0.2) is 4.98 Å². The van der Waals surface area contributed by atoms with Gasteiger partial charge >= 0.3 is 0 Å². The molecule has 1 amide bonds. The summed E-state index contributed by atoms with van der Waals surface area (Å²) in [6.45, 7) is 3.16. The molecule has 0 bridgehead atoms. The molecule has 1 aliphatic rings. The molecule has 3 heterocycles. The summed E-state index contributed by atoms with van der Waals surface area (Å²) in [6, 6.07) is 7.96. The van der Waals surface area contributed by atoms with Crippen LogP contribution >= 0.6 is 11.3 Å². The van der Waals surface area contributed by atoms with E-state index in [1.807, 2.05) is 18.4 Å². The Morgan fingerprint density at radius 3 is 2.96 bits per heavy atom. The fourth-order valence-corrected chi connectivity index (χ4v) is 3.27. The summed E-state index contributed by atoms with van der Waals surface area (Å²) in [5.41, 5.74) is 5.10. The number of carbonyl (C=O) groups excluding carboxylic acids is 1. The lowest BCUT2D eigenvalue weighted by Crippen LogP contribution is -2.11. The zero-order chi connectivity index (χ0) is 15.8. The van der Waals surface area contributed by atoms with Crippen LogP contribution in [0.25, 0.3) is 11.3 Å². The maximum atomic E-state index is 12.1. The van der Waals surface area contributed by atoms with Crippen molar-refractivity contribution in [3.8, 4) is 11.3 Å². The minimum absolute atomic E-state index is 0.282. The number of anilines is 1. The molecular formula is C17H14N2O3S. The number of carbonyl (C=O) groups is 1. The SMILES string of the molecule is Cc1ccoc1C(=O)Nc1nc(-c2ccc3c(c2)COC3)cs1. The Labute approximate surface area is 136 Å². The van der Waals surface area contributed by atoms with Gasteiger partial charge in [-0.1, -0.05) is 12.1 Å². The van der Waals surface area contributed by atoms with Crippen molar-refractivity contribution in [3.63, 3.8) is 0 Å². The van der Waals surface area contributed by atoms with E-state index in [2.05, 4.69) is 22.4 Å². The lowest BCUT2D eigenvalue weighted by Gasteiger charge is -2.01. The number of aryl methyl sites for hydroxylation is 1. The third-order valence-corrected chi connectivity index (χ3v) is 4.57. The molecule has 0 saturated heterocycles. The largest absolute Gasteiger partial charge is 0.459 e. The van der Waals surface area contributed by atoms with Crippen molar-refractivity contribution in [2.24, 2.45) is 0 Å². The first kappa shape index (κ1) is 14.2. The molecule has 0 saturated carbocycles. The van der Waals surface area contributed by atoms with Crippen LogP contribution in [0.2, 0.25) is 0 Å². The van der Waals surface area contributed by atoms with Gasteiger partial charge in [-0.2, -0.15) is 0 Å². The van der Waals surface area contributed by atoms with E-state index in [0.29, 0.717) is 24.1 Å². The molecule has 5 nitrogen and oxygen atoms in total. The fourth-order valence-electron chi connectivity index (χ4n) is 2.55. The molecule has 0 aliphatic carbocycles. The average Bonchev–Trinajstić information content (AvgIpc) is 3.26. The second-order valence-electron chi connectivity index (χ2n) is 5.40. The summed E-state index contributed by atoms with van der Waals surface area (Å²) >= 11 is 1.39. The summed E-state index contributed by atoms with van der Waals surface area (Å²) in [6.07, 6.45) is 1.50. The first-order valence-corrected chi connectivity index (χ1v) is 8.09. The van der Waals surface area contributed by atoms with E-state index in [4.69, 9.17) is 9.15 Å². The van der Waals surface area contributed by atoms with Crippen molar-refractivity contribution in [2.45, 2.75) is 20.1 Å². The lowest BCUT2D eigenvalue weighted by atomic mass is 10.1. The van der Waals surface area contributed by atoms with Crippen LogP contribution in [0.4, 0.5) is 5.13 Å². The summed E-state index contributed by atoms with van der Waals surface area (Å²) in [4.78, 5) is 16.6. The van der Waals surface area contributed by atoms with Crippen LogP contribution < -0.4 is 5.32 Å². The maximum absolute atomic E-state index is 12.1. The predicted octanol–water partition coefficient (Wildman–Crippen LogP) is 3.99. The lowest BCUT2D eigenvalue weighted by molar-refractivity contribution is 0.0996. The number of aromatic nitrogens is 1. The molecule has 6 heteroatoms. The van der Waals surface area contributed by atoms with Crippen LogP contribution in [0.15, 0.2) is 40.3 Å². The molecule has 1 N–H and O–H groups in total. The van der Waals surface area contributed by atoms with Crippen molar-refractivity contribution in [2.75, 3.05) is 5.32 Å². The summed E-state index contributed by atoms with van der Waals surface area (Å²) in [5, 5.41) is 5.26. The zero-order valence-electron chi connectivity index (χ0n) is 12.5. The Hall–Kier alpha value is -2.44. The van der Waals surface area contributed by atoms with E-state index in [1.165, 1.54) is 28.7 Å². The maximum Gasteiger partial charge on any atom is 0.293 e. The van der Waals surface area contributed by atoms with Gasteiger partial charge in [0.05, 0.1) is 25.2 Å². The van der Waals surface area contributed by atoms with E-state index in [1.54, 1.807) is 6.07 Å². The molecule has 3 aromatic rings. The highest BCUT2D eigenvalue weighted by molar-refractivity contribution is 7.14. The number of benzene rings is 1. The molecule has 116 valence electrons. The highest BCUT2D eigenvalue weighted by Gasteiger charge is 2.16. The monoisotopic (exact) mass is 326 g/mol. The van der Waals surface area contributed by atoms with E-state index in [9.17, 15) is 4.79 Å². The minimum atomic E-state index is -0.282. The van der Waals surface area contributed by atoms with Crippen LogP contribution in [-0.2, 0) is 18.0 Å². The highest BCUT2D eigenvalue weighted by Crippen LogP contribution is 2.29. The molecular weight excluding hydrogens is 312 g/mol. The first-order chi connectivity index (χ1) is 11.2. The number of amides is 1. The standard InChI is InChI=1S/C17H14N2O3S/c1-10-4-5-22-15(10)16(20)19-17-18-14(9-23-17)11-2-3-12-7-21-8-13(12)6-11/h2-6,9H,7-8H2,1H3,(H,18,19,20). The Balaban J connectivity index is 1.55. The normalized spacial score (nSPS) is 13.1. The minimum Gasteiger partial charge on any atom is -0.459 e. The molecule has 0 atom stereocenters. The number of nitrogens with zero attached hydrogens (tertiary/aromatic N) is 1. The van der Waals surface area contributed by atoms with Gasteiger partial charge in [0.2, 0.25) is 0 Å². The van der Waals surface area contributed by atoms with Crippen LogP contribution in [-0.4, -0.2) is 10.9 Å². The second-order valence-corrected chi connectivity index (χ2v) is 6.26. The van der Waals surface area contributed by atoms with Crippen LogP contribution in [0.5, 0.6) is 0 Å². The van der Waals surface area contributed by atoms with Crippen molar-refractivity contribution >= 4 is 22.4 Å². The number of furan rings is 1. The van der Waals surface area contributed by atoms with E-state index >= 15 is 0 Å². The predicted molar refractivity (Wildman–Crippen MR) is 87.4 cm³/mol. The van der Waals surface area contributed by atoms with Gasteiger partial charge in [0.15, 0.2) is 10.9 Å². The van der Waals surface area contributed by atoms with E-state index in [-0.39, 0.29) is 5.91 Å². The van der Waals surface area contributed by atoms with Crippen molar-refractivity contribution in [3.05, 3.63) is 58.4 Å². The topological polar surface area (TPSA) is 64.4 Å². The fraction of sp³-hybridized carbons (Fsp3) is 0.176. The molecule has 1 aliphatic heterocycles. The molecule has 0 radical (unpaired) electrons. The zero-order valence-corrected chi connectivity index (χ0v) is 13.3. The number of ether oxygens (including phenoxy) is 1. The van der Waals surface area contributed by atoms with Gasteiger partial charge in [-0.3, -0.25) is 10.1 Å². The third-order valence-electron chi connectivity index (χ3n) is 3.81. The number of hydrogen-bond donors (Lipinski definition) is 1. The number of hydrogen-bond acceptors (Lipinski definition) is 5. The number of nitrogens with one attached hydrogen (secondary N) is 1. The van der Waals surface area contributed by atoms with Crippen LogP contribution in [0, 0.1) is 6.92 Å². The van der Waals surface area contributed by atoms with Gasteiger partial charge < -0.3 is 9.15 Å². The first-order valence-electron chi connectivity index (χ1n) is 7.21. The van der Waals surface area contributed by atoms with Crippen LogP contribution in [0.1, 0.15) is 27.2 Å². The van der Waals surface area contributed by atoms with Crippen molar-refractivity contribution in [1.29, 1.82) is 0 Å². The summed E-state index contributed by atoms with van der Waals surface area (Å²) < 4.78 is 10.6. The highest BCUT2D eigenvalue weighted by atomic mass is 32.1. The molecule has 1 aromatic carbocycles. The molecule has 23 heavy (non-hydrogen) atoms. The molecule has 4 rings (SSSR count). The smallest absolute Gasteiger partial charge is 0.293 e. The summed E-state index contributed by atoms with van der Waals surface area (Å²) in [5.74, 6) is 0.0344. The Bertz CT molecular complexity index is 882.